The number of nitrogens with one attached hydrogen (secondary N) is 2. The van der Waals surface area contributed by atoms with E-state index >= 15 is 0 Å². The second kappa shape index (κ2) is 6.16. The molecule has 1 aromatic rings. The van der Waals surface area contributed by atoms with Crippen molar-refractivity contribution in [2.45, 2.75) is 32.2 Å². The van der Waals surface area contributed by atoms with Crippen molar-refractivity contribution in [1.29, 1.82) is 0 Å². The van der Waals surface area contributed by atoms with Gasteiger partial charge in [-0.2, -0.15) is 4.98 Å². The smallest absolute Gasteiger partial charge is 0.224 e. The van der Waals surface area contributed by atoms with Gasteiger partial charge in [-0.1, -0.05) is 13.8 Å². The van der Waals surface area contributed by atoms with Gasteiger partial charge in [0.1, 0.15) is 5.82 Å². The number of anilines is 2. The summed E-state index contributed by atoms with van der Waals surface area (Å²) < 4.78 is 0.788. The lowest BCUT2D eigenvalue weighted by atomic mass is 9.94. The van der Waals surface area contributed by atoms with Gasteiger partial charge in [-0.05, 0) is 28.8 Å². The average molecular weight is 303 g/mol. The van der Waals surface area contributed by atoms with Crippen molar-refractivity contribution in [3.05, 3.63) is 10.7 Å². The van der Waals surface area contributed by atoms with Crippen LogP contribution in [-0.2, 0) is 0 Å². The summed E-state index contributed by atoms with van der Waals surface area (Å²) in [6.07, 6.45) is 3.34. The molecule has 6 heteroatoms. The second-order valence-electron chi connectivity index (χ2n) is 3.91. The molecule has 0 fully saturated rings. The summed E-state index contributed by atoms with van der Waals surface area (Å²) in [6, 6.07) is 0. The molecule has 1 heterocycles. The van der Waals surface area contributed by atoms with Gasteiger partial charge in [0.15, 0.2) is 0 Å². The van der Waals surface area contributed by atoms with E-state index < -0.39 is 0 Å². The lowest BCUT2D eigenvalue weighted by molar-refractivity contribution is 0.202. The SMILES string of the molecule is CCC(CC)(CO)Nc1nc(NC)ncc1Br. The molecule has 17 heavy (non-hydrogen) atoms. The minimum atomic E-state index is -0.331. The summed E-state index contributed by atoms with van der Waals surface area (Å²) in [4.78, 5) is 8.42. The number of nitrogens with zero attached hydrogens (tertiary/aromatic N) is 2. The standard InChI is InChI=1S/C11H19BrN4O/c1-4-11(5-2,7-17)16-9-8(12)6-14-10(13-3)15-9/h6,17H,4-5,7H2,1-3H3,(H2,13,14,15,16). The van der Waals surface area contributed by atoms with Crippen LogP contribution in [0.4, 0.5) is 11.8 Å². The summed E-state index contributed by atoms with van der Waals surface area (Å²) in [7, 11) is 1.77. The normalized spacial score (nSPS) is 11.4. The molecule has 0 aliphatic rings. The largest absolute Gasteiger partial charge is 0.394 e. The second-order valence-corrected chi connectivity index (χ2v) is 4.77. The van der Waals surface area contributed by atoms with Crippen LogP contribution in [0.5, 0.6) is 0 Å². The first-order chi connectivity index (χ1) is 8.10. The lowest BCUT2D eigenvalue weighted by Crippen LogP contribution is -2.41. The van der Waals surface area contributed by atoms with Crippen LogP contribution in [0.15, 0.2) is 10.7 Å². The number of aliphatic hydroxyl groups is 1. The maximum Gasteiger partial charge on any atom is 0.224 e. The molecular formula is C11H19BrN4O. The molecule has 5 nitrogen and oxygen atoms in total. The predicted molar refractivity (Wildman–Crippen MR) is 73.3 cm³/mol. The Morgan fingerprint density at radius 1 is 1.41 bits per heavy atom. The van der Waals surface area contributed by atoms with Crippen LogP contribution in [0.3, 0.4) is 0 Å². The van der Waals surface area contributed by atoms with E-state index in [2.05, 4.69) is 36.5 Å². The zero-order valence-electron chi connectivity index (χ0n) is 10.4. The van der Waals surface area contributed by atoms with E-state index in [-0.39, 0.29) is 12.1 Å². The van der Waals surface area contributed by atoms with Crippen molar-refractivity contribution in [3.63, 3.8) is 0 Å². The van der Waals surface area contributed by atoms with E-state index in [1.807, 2.05) is 13.8 Å². The Morgan fingerprint density at radius 3 is 2.53 bits per heavy atom. The van der Waals surface area contributed by atoms with Crippen molar-refractivity contribution in [2.24, 2.45) is 0 Å². The number of aromatic nitrogens is 2. The number of aliphatic hydroxyl groups excluding tert-OH is 1. The van der Waals surface area contributed by atoms with Gasteiger partial charge < -0.3 is 15.7 Å². The highest BCUT2D eigenvalue weighted by atomic mass is 79.9. The Balaban J connectivity index is 2.99. The van der Waals surface area contributed by atoms with Gasteiger partial charge in [-0.3, -0.25) is 0 Å². The molecule has 0 amide bonds. The molecule has 0 bridgehead atoms. The molecule has 96 valence electrons. The number of rotatable bonds is 6. The van der Waals surface area contributed by atoms with Crippen molar-refractivity contribution in [1.82, 2.24) is 9.97 Å². The van der Waals surface area contributed by atoms with Crippen LogP contribution in [-0.4, -0.2) is 34.3 Å². The van der Waals surface area contributed by atoms with Gasteiger partial charge in [0.25, 0.3) is 0 Å². The van der Waals surface area contributed by atoms with Gasteiger partial charge in [0.2, 0.25) is 5.95 Å². The summed E-state index contributed by atoms with van der Waals surface area (Å²) in [5.74, 6) is 1.25. The summed E-state index contributed by atoms with van der Waals surface area (Å²) >= 11 is 3.40. The third kappa shape index (κ3) is 3.29. The predicted octanol–water partition coefficient (Wildman–Crippen LogP) is 2.24. The summed E-state index contributed by atoms with van der Waals surface area (Å²) in [6.45, 7) is 4.16. The quantitative estimate of drug-likeness (QED) is 0.752. The monoisotopic (exact) mass is 302 g/mol. The van der Waals surface area contributed by atoms with Crippen molar-refractivity contribution in [3.8, 4) is 0 Å². The Morgan fingerprint density at radius 2 is 2.06 bits per heavy atom. The van der Waals surface area contributed by atoms with E-state index in [9.17, 15) is 5.11 Å². The first kappa shape index (κ1) is 14.2. The first-order valence-corrected chi connectivity index (χ1v) is 6.49. The minimum Gasteiger partial charge on any atom is -0.394 e. The molecule has 1 aromatic heterocycles. The number of halogens is 1. The maximum absolute atomic E-state index is 9.52. The fourth-order valence-electron chi connectivity index (χ4n) is 1.52. The van der Waals surface area contributed by atoms with Crippen LogP contribution in [0.25, 0.3) is 0 Å². The molecule has 0 aliphatic heterocycles. The van der Waals surface area contributed by atoms with E-state index in [0.29, 0.717) is 11.8 Å². The highest BCUT2D eigenvalue weighted by Crippen LogP contribution is 2.26. The van der Waals surface area contributed by atoms with Gasteiger partial charge in [-0.25, -0.2) is 4.98 Å². The van der Waals surface area contributed by atoms with Crippen LogP contribution < -0.4 is 10.6 Å². The van der Waals surface area contributed by atoms with Crippen molar-refractivity contribution < 1.29 is 5.11 Å². The number of hydrogen-bond acceptors (Lipinski definition) is 5. The van der Waals surface area contributed by atoms with E-state index in [4.69, 9.17) is 0 Å². The summed E-state index contributed by atoms with van der Waals surface area (Å²) in [5.41, 5.74) is -0.331. The Bertz CT molecular complexity index is 360. The molecule has 0 saturated heterocycles. The fraction of sp³-hybridized carbons (Fsp3) is 0.636. The van der Waals surface area contributed by atoms with Gasteiger partial charge in [0.05, 0.1) is 16.6 Å². The van der Waals surface area contributed by atoms with Crippen molar-refractivity contribution in [2.75, 3.05) is 24.3 Å². The highest BCUT2D eigenvalue weighted by molar-refractivity contribution is 9.10. The van der Waals surface area contributed by atoms with E-state index in [0.717, 1.165) is 17.3 Å². The van der Waals surface area contributed by atoms with Gasteiger partial charge >= 0.3 is 0 Å². The minimum absolute atomic E-state index is 0.0747. The molecule has 3 N–H and O–H groups in total. The average Bonchev–Trinajstić information content (AvgIpc) is 2.38. The Kier molecular flexibility index (Phi) is 5.14. The zero-order valence-corrected chi connectivity index (χ0v) is 12.0. The molecular weight excluding hydrogens is 284 g/mol. The van der Waals surface area contributed by atoms with Crippen LogP contribution in [0.2, 0.25) is 0 Å². The molecule has 1 rings (SSSR count). The fourth-order valence-corrected chi connectivity index (χ4v) is 1.81. The van der Waals surface area contributed by atoms with Gasteiger partial charge in [-0.15, -0.1) is 0 Å². The molecule has 0 radical (unpaired) electrons. The van der Waals surface area contributed by atoms with Crippen LogP contribution >= 0.6 is 15.9 Å². The van der Waals surface area contributed by atoms with Crippen molar-refractivity contribution >= 4 is 27.7 Å². The Labute approximate surface area is 110 Å². The molecule has 0 saturated carbocycles. The number of hydrogen-bond donors (Lipinski definition) is 3. The first-order valence-electron chi connectivity index (χ1n) is 5.70. The van der Waals surface area contributed by atoms with E-state index in [1.165, 1.54) is 0 Å². The van der Waals surface area contributed by atoms with Gasteiger partial charge in [0, 0.05) is 13.2 Å². The van der Waals surface area contributed by atoms with Crippen LogP contribution in [0, 0.1) is 0 Å². The third-order valence-electron chi connectivity index (χ3n) is 3.01. The molecule has 0 aliphatic carbocycles. The molecule has 0 spiro atoms. The highest BCUT2D eigenvalue weighted by Gasteiger charge is 2.26. The molecule has 0 unspecified atom stereocenters. The summed E-state index contributed by atoms with van der Waals surface area (Å²) in [5, 5.41) is 15.7. The zero-order chi connectivity index (χ0) is 12.9. The lowest BCUT2D eigenvalue weighted by Gasteiger charge is -2.31. The topological polar surface area (TPSA) is 70.1 Å². The third-order valence-corrected chi connectivity index (χ3v) is 3.59. The molecule has 0 atom stereocenters. The molecule has 0 aromatic carbocycles. The maximum atomic E-state index is 9.52. The van der Waals surface area contributed by atoms with E-state index in [1.54, 1.807) is 13.2 Å². The van der Waals surface area contributed by atoms with Crippen LogP contribution in [0.1, 0.15) is 26.7 Å². The Hall–Kier alpha value is -0.880.